The molecular formula is C17H14N4O4. The molecule has 8 heteroatoms. The number of nitrogens with zero attached hydrogens (tertiary/aromatic N) is 3. The van der Waals surface area contributed by atoms with Gasteiger partial charge in [-0.25, -0.2) is 9.97 Å². The SMILES string of the molecule is COc1cccc(Nc2cc(Oc3ccc([N+](=O)[O-])cc3)ncn2)c1. The maximum atomic E-state index is 10.7. The maximum absolute atomic E-state index is 10.7. The fourth-order valence-electron chi connectivity index (χ4n) is 2.07. The molecule has 0 aliphatic heterocycles. The van der Waals surface area contributed by atoms with Gasteiger partial charge in [0.05, 0.1) is 12.0 Å². The molecule has 0 spiro atoms. The van der Waals surface area contributed by atoms with E-state index in [4.69, 9.17) is 9.47 Å². The normalized spacial score (nSPS) is 10.1. The van der Waals surface area contributed by atoms with E-state index in [2.05, 4.69) is 15.3 Å². The summed E-state index contributed by atoms with van der Waals surface area (Å²) in [5, 5.41) is 13.8. The molecule has 1 aromatic heterocycles. The lowest BCUT2D eigenvalue weighted by Gasteiger charge is -2.09. The van der Waals surface area contributed by atoms with Crippen molar-refractivity contribution in [3.8, 4) is 17.4 Å². The third kappa shape index (κ3) is 4.20. The molecule has 2 aromatic carbocycles. The summed E-state index contributed by atoms with van der Waals surface area (Å²) in [4.78, 5) is 18.4. The van der Waals surface area contributed by atoms with Gasteiger partial charge in [-0.3, -0.25) is 10.1 Å². The van der Waals surface area contributed by atoms with Crippen molar-refractivity contribution in [3.63, 3.8) is 0 Å². The molecule has 25 heavy (non-hydrogen) atoms. The van der Waals surface area contributed by atoms with Gasteiger partial charge in [-0.15, -0.1) is 0 Å². The highest BCUT2D eigenvalue weighted by Gasteiger charge is 2.07. The van der Waals surface area contributed by atoms with E-state index in [0.29, 0.717) is 17.4 Å². The lowest BCUT2D eigenvalue weighted by molar-refractivity contribution is -0.384. The van der Waals surface area contributed by atoms with Crippen LogP contribution in [-0.4, -0.2) is 22.0 Å². The van der Waals surface area contributed by atoms with Crippen LogP contribution in [0.1, 0.15) is 0 Å². The molecule has 126 valence electrons. The minimum atomic E-state index is -0.468. The molecule has 0 unspecified atom stereocenters. The number of rotatable bonds is 6. The van der Waals surface area contributed by atoms with Crippen molar-refractivity contribution in [1.82, 2.24) is 9.97 Å². The van der Waals surface area contributed by atoms with Crippen LogP contribution in [0.4, 0.5) is 17.2 Å². The number of nitro benzene ring substituents is 1. The predicted molar refractivity (Wildman–Crippen MR) is 91.5 cm³/mol. The summed E-state index contributed by atoms with van der Waals surface area (Å²) in [6, 6.07) is 14.8. The summed E-state index contributed by atoms with van der Waals surface area (Å²) < 4.78 is 10.8. The van der Waals surface area contributed by atoms with Crippen LogP contribution in [0.15, 0.2) is 60.9 Å². The van der Waals surface area contributed by atoms with Crippen molar-refractivity contribution in [3.05, 3.63) is 71.0 Å². The van der Waals surface area contributed by atoms with Crippen LogP contribution in [-0.2, 0) is 0 Å². The summed E-state index contributed by atoms with van der Waals surface area (Å²) in [5.41, 5.74) is 0.801. The zero-order valence-electron chi connectivity index (χ0n) is 13.2. The van der Waals surface area contributed by atoms with Crippen LogP contribution >= 0.6 is 0 Å². The number of methoxy groups -OCH3 is 1. The summed E-state index contributed by atoms with van der Waals surface area (Å²) in [6.07, 6.45) is 1.36. The molecule has 0 bridgehead atoms. The van der Waals surface area contributed by atoms with E-state index in [1.807, 2.05) is 24.3 Å². The van der Waals surface area contributed by atoms with Gasteiger partial charge in [0.1, 0.15) is 23.6 Å². The maximum Gasteiger partial charge on any atom is 0.269 e. The average molecular weight is 338 g/mol. The standard InChI is InChI=1S/C17H14N4O4/c1-24-15-4-2-3-12(9-15)20-16-10-17(19-11-18-16)25-14-7-5-13(6-8-14)21(22)23/h2-11H,1H3,(H,18,19,20). The number of hydrogen-bond acceptors (Lipinski definition) is 7. The number of ether oxygens (including phenoxy) is 2. The second-order valence-corrected chi connectivity index (χ2v) is 4.95. The molecule has 1 N–H and O–H groups in total. The first-order valence-corrected chi connectivity index (χ1v) is 7.29. The Kier molecular flexibility index (Phi) is 4.70. The molecule has 0 amide bonds. The summed E-state index contributed by atoms with van der Waals surface area (Å²) in [5.74, 6) is 2.02. The molecule has 0 aliphatic rings. The summed E-state index contributed by atoms with van der Waals surface area (Å²) >= 11 is 0. The Bertz CT molecular complexity index is 884. The van der Waals surface area contributed by atoms with Crippen LogP contribution in [0.5, 0.6) is 17.4 Å². The number of nitro groups is 1. The number of aromatic nitrogens is 2. The van der Waals surface area contributed by atoms with Crippen molar-refractivity contribution < 1.29 is 14.4 Å². The average Bonchev–Trinajstić information content (AvgIpc) is 2.62. The number of nitrogens with one attached hydrogen (secondary N) is 1. The van der Waals surface area contributed by atoms with Gasteiger partial charge in [0.25, 0.3) is 5.69 Å². The van der Waals surface area contributed by atoms with Gasteiger partial charge in [0.15, 0.2) is 0 Å². The highest BCUT2D eigenvalue weighted by molar-refractivity contribution is 5.58. The summed E-state index contributed by atoms with van der Waals surface area (Å²) in [6.45, 7) is 0. The van der Waals surface area contributed by atoms with Gasteiger partial charge in [-0.2, -0.15) is 0 Å². The van der Waals surface area contributed by atoms with Crippen LogP contribution < -0.4 is 14.8 Å². The summed E-state index contributed by atoms with van der Waals surface area (Å²) in [7, 11) is 1.60. The Labute approximate surface area is 143 Å². The molecule has 3 aromatic rings. The molecule has 0 aliphatic carbocycles. The third-order valence-electron chi connectivity index (χ3n) is 3.25. The van der Waals surface area contributed by atoms with E-state index in [9.17, 15) is 10.1 Å². The lowest BCUT2D eigenvalue weighted by Crippen LogP contribution is -1.96. The number of non-ortho nitro benzene ring substituents is 1. The molecule has 0 fully saturated rings. The van der Waals surface area contributed by atoms with Crippen molar-refractivity contribution >= 4 is 17.2 Å². The van der Waals surface area contributed by atoms with Gasteiger partial charge in [0.2, 0.25) is 5.88 Å². The fraction of sp³-hybridized carbons (Fsp3) is 0.0588. The van der Waals surface area contributed by atoms with Crippen LogP contribution in [0, 0.1) is 10.1 Å². The predicted octanol–water partition coefficient (Wildman–Crippen LogP) is 3.93. The Morgan fingerprint density at radius 1 is 1.04 bits per heavy atom. The van der Waals surface area contributed by atoms with Gasteiger partial charge in [-0.05, 0) is 24.3 Å². The molecule has 3 rings (SSSR count). The van der Waals surface area contributed by atoms with E-state index in [1.54, 1.807) is 13.2 Å². The van der Waals surface area contributed by atoms with E-state index in [1.165, 1.54) is 30.6 Å². The van der Waals surface area contributed by atoms with E-state index in [0.717, 1.165) is 11.4 Å². The second-order valence-electron chi connectivity index (χ2n) is 4.95. The highest BCUT2D eigenvalue weighted by Crippen LogP contribution is 2.25. The van der Waals surface area contributed by atoms with Gasteiger partial charge >= 0.3 is 0 Å². The molecule has 0 radical (unpaired) electrons. The largest absolute Gasteiger partial charge is 0.497 e. The third-order valence-corrected chi connectivity index (χ3v) is 3.25. The molecular weight excluding hydrogens is 324 g/mol. The monoisotopic (exact) mass is 338 g/mol. The molecule has 1 heterocycles. The highest BCUT2D eigenvalue weighted by atomic mass is 16.6. The Morgan fingerprint density at radius 2 is 1.84 bits per heavy atom. The zero-order valence-corrected chi connectivity index (χ0v) is 13.2. The minimum absolute atomic E-state index is 0.00424. The Balaban J connectivity index is 1.73. The number of anilines is 2. The lowest BCUT2D eigenvalue weighted by atomic mass is 10.3. The first-order valence-electron chi connectivity index (χ1n) is 7.29. The van der Waals surface area contributed by atoms with Gasteiger partial charge in [0, 0.05) is 30.0 Å². The van der Waals surface area contributed by atoms with Gasteiger partial charge in [-0.1, -0.05) is 6.07 Å². The second kappa shape index (κ2) is 7.26. The van der Waals surface area contributed by atoms with Crippen LogP contribution in [0.2, 0.25) is 0 Å². The molecule has 0 saturated carbocycles. The quantitative estimate of drug-likeness (QED) is 0.537. The molecule has 0 atom stereocenters. The van der Waals surface area contributed by atoms with Crippen molar-refractivity contribution in [1.29, 1.82) is 0 Å². The van der Waals surface area contributed by atoms with Crippen molar-refractivity contribution in [2.45, 2.75) is 0 Å². The van der Waals surface area contributed by atoms with E-state index in [-0.39, 0.29) is 5.69 Å². The van der Waals surface area contributed by atoms with Gasteiger partial charge < -0.3 is 14.8 Å². The fourth-order valence-corrected chi connectivity index (χ4v) is 2.07. The topological polar surface area (TPSA) is 99.4 Å². The van der Waals surface area contributed by atoms with E-state index < -0.39 is 4.92 Å². The van der Waals surface area contributed by atoms with Crippen LogP contribution in [0.3, 0.4) is 0 Å². The number of hydrogen-bond donors (Lipinski definition) is 1. The Hall–Kier alpha value is -3.68. The smallest absolute Gasteiger partial charge is 0.269 e. The Morgan fingerprint density at radius 3 is 2.56 bits per heavy atom. The molecule has 8 nitrogen and oxygen atoms in total. The molecule has 0 saturated heterocycles. The first kappa shape index (κ1) is 16.2. The first-order chi connectivity index (χ1) is 12.1. The van der Waals surface area contributed by atoms with E-state index >= 15 is 0 Å². The zero-order chi connectivity index (χ0) is 17.6. The number of benzene rings is 2. The minimum Gasteiger partial charge on any atom is -0.497 e. The van der Waals surface area contributed by atoms with Crippen LogP contribution in [0.25, 0.3) is 0 Å². The van der Waals surface area contributed by atoms with Crippen molar-refractivity contribution in [2.24, 2.45) is 0 Å². The van der Waals surface area contributed by atoms with Crippen molar-refractivity contribution in [2.75, 3.05) is 12.4 Å².